The maximum atomic E-state index is 11.7. The number of non-ortho nitro benzene ring substituents is 1. The van der Waals surface area contributed by atoms with Crippen LogP contribution < -0.4 is 10.6 Å². The Morgan fingerprint density at radius 2 is 2.09 bits per heavy atom. The van der Waals surface area contributed by atoms with Crippen LogP contribution >= 0.6 is 0 Å². The van der Waals surface area contributed by atoms with Crippen LogP contribution in [0.1, 0.15) is 12.0 Å². The Kier molecular flexibility index (Phi) is 5.61. The molecule has 0 aliphatic carbocycles. The lowest BCUT2D eigenvalue weighted by atomic mass is 10.2. The number of nitrogens with zero attached hydrogens (tertiary/aromatic N) is 1. The summed E-state index contributed by atoms with van der Waals surface area (Å²) in [7, 11) is 0. The predicted octanol–water partition coefficient (Wildman–Crippen LogP) is -0.523. The number of carbonyl (C=O) groups excluding carboxylic acids is 2. The molecule has 2 rings (SSSR count). The molecule has 1 aromatic rings. The molecule has 1 aliphatic heterocycles. The average Bonchev–Trinajstić information content (AvgIpc) is 2.97. The molecular formula is C14H17N3O6. The lowest BCUT2D eigenvalue weighted by molar-refractivity contribution is -0.384. The second kappa shape index (κ2) is 7.65. The monoisotopic (exact) mass is 323 g/mol. The van der Waals surface area contributed by atoms with Crippen molar-refractivity contribution in [1.29, 1.82) is 0 Å². The van der Waals surface area contributed by atoms with Crippen LogP contribution in [0.15, 0.2) is 24.3 Å². The minimum Gasteiger partial charge on any atom is -0.460 e. The van der Waals surface area contributed by atoms with E-state index in [1.165, 1.54) is 24.3 Å². The highest BCUT2D eigenvalue weighted by molar-refractivity contribution is 5.85. The van der Waals surface area contributed by atoms with Gasteiger partial charge >= 0.3 is 5.97 Å². The fourth-order valence-electron chi connectivity index (χ4n) is 2.13. The van der Waals surface area contributed by atoms with E-state index in [2.05, 4.69) is 10.6 Å². The number of aliphatic hydroxyl groups is 1. The molecule has 1 heterocycles. The fraction of sp³-hybridized carbons (Fsp3) is 0.429. The van der Waals surface area contributed by atoms with Crippen molar-refractivity contribution in [3.05, 3.63) is 39.9 Å². The van der Waals surface area contributed by atoms with E-state index >= 15 is 0 Å². The van der Waals surface area contributed by atoms with E-state index in [1.807, 2.05) is 0 Å². The van der Waals surface area contributed by atoms with Crippen LogP contribution in [0.4, 0.5) is 5.69 Å². The zero-order chi connectivity index (χ0) is 16.8. The molecule has 0 radical (unpaired) electrons. The zero-order valence-electron chi connectivity index (χ0n) is 12.2. The molecule has 1 aliphatic rings. The Labute approximate surface area is 131 Å². The van der Waals surface area contributed by atoms with Crippen LogP contribution in [-0.2, 0) is 20.9 Å². The first-order valence-corrected chi connectivity index (χ1v) is 7.04. The van der Waals surface area contributed by atoms with Crippen molar-refractivity contribution in [3.63, 3.8) is 0 Å². The molecule has 1 saturated heterocycles. The van der Waals surface area contributed by atoms with Gasteiger partial charge in [-0.05, 0) is 24.1 Å². The second-order valence-corrected chi connectivity index (χ2v) is 5.15. The van der Waals surface area contributed by atoms with Gasteiger partial charge in [-0.25, -0.2) is 0 Å². The van der Waals surface area contributed by atoms with E-state index in [1.54, 1.807) is 0 Å². The van der Waals surface area contributed by atoms with E-state index < -0.39 is 23.0 Å². The molecule has 0 spiro atoms. The van der Waals surface area contributed by atoms with Crippen LogP contribution in [0.3, 0.4) is 0 Å². The van der Waals surface area contributed by atoms with Crippen molar-refractivity contribution in [2.75, 3.05) is 13.1 Å². The van der Waals surface area contributed by atoms with E-state index in [4.69, 9.17) is 4.74 Å². The lowest BCUT2D eigenvalue weighted by Gasteiger charge is -2.10. The normalized spacial score (nSPS) is 20.0. The van der Waals surface area contributed by atoms with Gasteiger partial charge in [-0.2, -0.15) is 0 Å². The van der Waals surface area contributed by atoms with Crippen LogP contribution in [0.5, 0.6) is 0 Å². The third-order valence-corrected chi connectivity index (χ3v) is 3.38. The molecule has 0 saturated carbocycles. The third kappa shape index (κ3) is 5.01. The molecule has 0 aromatic heterocycles. The van der Waals surface area contributed by atoms with Gasteiger partial charge in [0.25, 0.3) is 5.69 Å². The molecule has 1 fully saturated rings. The summed E-state index contributed by atoms with van der Waals surface area (Å²) in [6, 6.07) is 5.12. The molecule has 2 atom stereocenters. The van der Waals surface area contributed by atoms with Crippen molar-refractivity contribution in [2.45, 2.75) is 25.2 Å². The standard InChI is InChI=1S/C14H17N3O6/c18-11-5-12(15-6-11)14(20)16-7-13(19)23-8-9-1-3-10(4-2-9)17(21)22/h1-4,11-12,15,18H,5-8H2,(H,16,20)/t11-,12+/m1/s1. The number of aliphatic hydroxyl groups excluding tert-OH is 1. The first-order chi connectivity index (χ1) is 11.0. The number of nitrogens with one attached hydrogen (secondary N) is 2. The first-order valence-electron chi connectivity index (χ1n) is 7.04. The van der Waals surface area contributed by atoms with Crippen molar-refractivity contribution in [3.8, 4) is 0 Å². The molecule has 3 N–H and O–H groups in total. The van der Waals surface area contributed by atoms with Crippen molar-refractivity contribution >= 4 is 17.6 Å². The molecule has 0 bridgehead atoms. The van der Waals surface area contributed by atoms with Gasteiger partial charge in [0.15, 0.2) is 0 Å². The Balaban J connectivity index is 1.70. The van der Waals surface area contributed by atoms with Crippen LogP contribution in [0.2, 0.25) is 0 Å². The average molecular weight is 323 g/mol. The summed E-state index contributed by atoms with van der Waals surface area (Å²) in [4.78, 5) is 33.3. The van der Waals surface area contributed by atoms with Gasteiger partial charge in [0.2, 0.25) is 5.91 Å². The molecule has 1 aromatic carbocycles. The van der Waals surface area contributed by atoms with Crippen LogP contribution in [-0.4, -0.2) is 47.1 Å². The fourth-order valence-corrected chi connectivity index (χ4v) is 2.13. The summed E-state index contributed by atoms with van der Waals surface area (Å²) < 4.78 is 4.97. The highest BCUT2D eigenvalue weighted by Crippen LogP contribution is 2.12. The molecule has 1 amide bonds. The van der Waals surface area contributed by atoms with Gasteiger partial charge in [-0.15, -0.1) is 0 Å². The Morgan fingerprint density at radius 3 is 2.65 bits per heavy atom. The van der Waals surface area contributed by atoms with Crippen LogP contribution in [0.25, 0.3) is 0 Å². The molecule has 124 valence electrons. The largest absolute Gasteiger partial charge is 0.460 e. The number of hydrogen-bond donors (Lipinski definition) is 3. The van der Waals surface area contributed by atoms with Crippen molar-refractivity contribution < 1.29 is 24.4 Å². The lowest BCUT2D eigenvalue weighted by Crippen LogP contribution is -2.42. The second-order valence-electron chi connectivity index (χ2n) is 5.15. The summed E-state index contributed by atoms with van der Waals surface area (Å²) in [5.41, 5.74) is 0.564. The van der Waals surface area contributed by atoms with Gasteiger partial charge in [-0.1, -0.05) is 0 Å². The highest BCUT2D eigenvalue weighted by atomic mass is 16.6. The van der Waals surface area contributed by atoms with Gasteiger partial charge in [0.05, 0.1) is 17.1 Å². The number of β-amino-alcohol motifs (C(OH)–C–C–N with tert-alkyl or cyclic N) is 1. The third-order valence-electron chi connectivity index (χ3n) is 3.38. The maximum absolute atomic E-state index is 11.7. The Morgan fingerprint density at radius 1 is 1.39 bits per heavy atom. The molecule has 9 nitrogen and oxygen atoms in total. The van der Waals surface area contributed by atoms with E-state index in [-0.39, 0.29) is 24.7 Å². The SMILES string of the molecule is O=C(CNC(=O)[C@@H]1C[C@@H](O)CN1)OCc1ccc([N+](=O)[O-])cc1. The number of nitro groups is 1. The maximum Gasteiger partial charge on any atom is 0.325 e. The molecular weight excluding hydrogens is 306 g/mol. The Hall–Kier alpha value is -2.52. The number of hydrogen-bond acceptors (Lipinski definition) is 7. The summed E-state index contributed by atoms with van der Waals surface area (Å²) >= 11 is 0. The van der Waals surface area contributed by atoms with E-state index in [9.17, 15) is 24.8 Å². The van der Waals surface area contributed by atoms with Gasteiger partial charge in [0, 0.05) is 18.7 Å². The number of ether oxygens (including phenoxy) is 1. The summed E-state index contributed by atoms with van der Waals surface area (Å²) in [5, 5.41) is 25.1. The first kappa shape index (κ1) is 16.8. The van der Waals surface area contributed by atoms with Crippen LogP contribution in [0, 0.1) is 10.1 Å². The molecule has 9 heteroatoms. The summed E-state index contributed by atoms with van der Waals surface area (Å²) in [5.74, 6) is -0.982. The minimum absolute atomic E-state index is 0.0346. The van der Waals surface area contributed by atoms with Gasteiger partial charge in [0.1, 0.15) is 13.2 Å². The highest BCUT2D eigenvalue weighted by Gasteiger charge is 2.28. The quantitative estimate of drug-likeness (QED) is 0.364. The van der Waals surface area contributed by atoms with Crippen molar-refractivity contribution in [2.24, 2.45) is 0 Å². The van der Waals surface area contributed by atoms with Gasteiger partial charge in [-0.3, -0.25) is 19.7 Å². The smallest absolute Gasteiger partial charge is 0.325 e. The minimum atomic E-state index is -0.616. The number of nitro benzene ring substituents is 1. The van der Waals surface area contributed by atoms with E-state index in [0.29, 0.717) is 18.5 Å². The number of carbonyl (C=O) groups is 2. The predicted molar refractivity (Wildman–Crippen MR) is 78.3 cm³/mol. The number of amides is 1. The molecule has 23 heavy (non-hydrogen) atoms. The number of benzene rings is 1. The molecule has 0 unspecified atom stereocenters. The Bertz CT molecular complexity index is 589. The number of rotatable bonds is 6. The summed E-state index contributed by atoms with van der Waals surface area (Å²) in [6.07, 6.45) is -0.247. The number of esters is 1. The zero-order valence-corrected chi connectivity index (χ0v) is 12.2. The summed E-state index contributed by atoms with van der Waals surface area (Å²) in [6.45, 7) is 0.0376. The topological polar surface area (TPSA) is 131 Å². The van der Waals surface area contributed by atoms with Gasteiger partial charge < -0.3 is 20.5 Å². The van der Waals surface area contributed by atoms with Crippen molar-refractivity contribution in [1.82, 2.24) is 10.6 Å². The van der Waals surface area contributed by atoms with E-state index in [0.717, 1.165) is 0 Å².